The van der Waals surface area contributed by atoms with E-state index in [1.54, 1.807) is 36.4 Å². The van der Waals surface area contributed by atoms with Crippen molar-refractivity contribution in [2.24, 2.45) is 11.8 Å². The van der Waals surface area contributed by atoms with Crippen LogP contribution < -0.4 is 4.90 Å². The number of halogens is 3. The van der Waals surface area contributed by atoms with Crippen LogP contribution in [0.1, 0.15) is 33.6 Å². The monoisotopic (exact) mass is 625 g/mol. The Balaban J connectivity index is 1.41. The molecule has 4 atom stereocenters. The SMILES string of the molecule is O=C(COC(=O)c1ccc(N2C(=O)[C@H]3C[C@@H](Br)[C@H](Br)C[C@H]3C2=O)cc1)c1ccc(Br)cc1. The van der Waals surface area contributed by atoms with Crippen molar-refractivity contribution in [3.8, 4) is 0 Å². The largest absolute Gasteiger partial charge is 0.454 e. The molecule has 0 aromatic heterocycles. The molecule has 6 nitrogen and oxygen atoms in total. The molecule has 4 rings (SSSR count). The molecule has 1 saturated carbocycles. The van der Waals surface area contributed by atoms with Crippen molar-refractivity contribution < 1.29 is 23.9 Å². The van der Waals surface area contributed by atoms with E-state index in [0.29, 0.717) is 24.1 Å². The maximum Gasteiger partial charge on any atom is 0.338 e. The number of fused-ring (bicyclic) bond motifs is 1. The van der Waals surface area contributed by atoms with Crippen LogP contribution in [-0.4, -0.2) is 39.8 Å². The van der Waals surface area contributed by atoms with Gasteiger partial charge in [-0.2, -0.15) is 0 Å². The lowest BCUT2D eigenvalue weighted by molar-refractivity contribution is -0.122. The average Bonchev–Trinajstić information content (AvgIpc) is 3.02. The van der Waals surface area contributed by atoms with Gasteiger partial charge in [0.15, 0.2) is 12.4 Å². The number of Topliss-reactive ketones (excluding diaryl/α,β-unsaturated/α-hetero) is 1. The quantitative estimate of drug-likeness (QED) is 0.204. The summed E-state index contributed by atoms with van der Waals surface area (Å²) in [7, 11) is 0. The Kier molecular flexibility index (Phi) is 6.97. The Morgan fingerprint density at radius 1 is 0.844 bits per heavy atom. The van der Waals surface area contributed by atoms with Crippen molar-refractivity contribution in [2.45, 2.75) is 22.5 Å². The number of amides is 2. The zero-order chi connectivity index (χ0) is 23.0. The molecule has 2 aliphatic rings. The maximum absolute atomic E-state index is 12.9. The van der Waals surface area contributed by atoms with Gasteiger partial charge in [0.25, 0.3) is 0 Å². The highest BCUT2D eigenvalue weighted by atomic mass is 79.9. The fraction of sp³-hybridized carbons (Fsp3) is 0.304. The maximum atomic E-state index is 12.9. The Bertz CT molecular complexity index is 1040. The normalized spacial score (nSPS) is 24.9. The highest BCUT2D eigenvalue weighted by Gasteiger charge is 2.52. The smallest absolute Gasteiger partial charge is 0.338 e. The predicted octanol–water partition coefficient (Wildman–Crippen LogP) is 4.92. The molecular formula is C23H18Br3NO5. The average molecular weight is 628 g/mol. The number of ether oxygens (including phenoxy) is 1. The molecule has 2 fully saturated rings. The summed E-state index contributed by atoms with van der Waals surface area (Å²) in [6.45, 7) is -0.379. The van der Waals surface area contributed by atoms with Crippen molar-refractivity contribution in [3.63, 3.8) is 0 Å². The number of carbonyl (C=O) groups excluding carboxylic acids is 4. The van der Waals surface area contributed by atoms with Crippen LogP contribution in [0, 0.1) is 11.8 Å². The Hall–Kier alpha value is -1.84. The van der Waals surface area contributed by atoms with Gasteiger partial charge >= 0.3 is 5.97 Å². The lowest BCUT2D eigenvalue weighted by Gasteiger charge is -2.29. The molecule has 0 unspecified atom stereocenters. The van der Waals surface area contributed by atoms with E-state index in [4.69, 9.17) is 4.74 Å². The second kappa shape index (κ2) is 9.57. The number of rotatable bonds is 5. The van der Waals surface area contributed by atoms with Crippen molar-refractivity contribution in [3.05, 3.63) is 64.1 Å². The van der Waals surface area contributed by atoms with Crippen LogP contribution in [0.2, 0.25) is 0 Å². The van der Waals surface area contributed by atoms with E-state index < -0.39 is 5.97 Å². The first-order valence-electron chi connectivity index (χ1n) is 9.98. The number of esters is 1. The van der Waals surface area contributed by atoms with Crippen LogP contribution in [0.4, 0.5) is 5.69 Å². The Morgan fingerprint density at radius 2 is 1.34 bits per heavy atom. The summed E-state index contributed by atoms with van der Waals surface area (Å²) in [5.41, 5.74) is 1.10. The fourth-order valence-electron chi connectivity index (χ4n) is 4.03. The Morgan fingerprint density at radius 3 is 1.88 bits per heavy atom. The number of carbonyl (C=O) groups is 4. The second-order valence-corrected chi connectivity index (χ2v) is 11.0. The summed E-state index contributed by atoms with van der Waals surface area (Å²) >= 11 is 10.5. The van der Waals surface area contributed by atoms with Gasteiger partial charge in [-0.25, -0.2) is 4.79 Å². The molecule has 0 radical (unpaired) electrons. The number of imide groups is 1. The molecule has 32 heavy (non-hydrogen) atoms. The number of anilines is 1. The van der Waals surface area contributed by atoms with Crippen LogP contribution in [0.3, 0.4) is 0 Å². The van der Waals surface area contributed by atoms with Gasteiger partial charge in [0.05, 0.1) is 23.1 Å². The highest BCUT2D eigenvalue weighted by Crippen LogP contribution is 2.44. The number of ketones is 1. The van der Waals surface area contributed by atoms with Gasteiger partial charge in [-0.15, -0.1) is 0 Å². The molecule has 2 aromatic carbocycles. The molecule has 1 aliphatic carbocycles. The fourth-order valence-corrected chi connectivity index (χ4v) is 5.53. The highest BCUT2D eigenvalue weighted by molar-refractivity contribution is 9.12. The van der Waals surface area contributed by atoms with Gasteiger partial charge in [0.1, 0.15) is 0 Å². The van der Waals surface area contributed by atoms with Crippen LogP contribution in [-0.2, 0) is 14.3 Å². The standard InChI is InChI=1S/C23H18Br3NO5/c24-14-5-1-12(2-6-14)20(28)11-32-23(31)13-3-7-15(8-4-13)27-21(29)16-9-18(25)19(26)10-17(16)22(27)30/h1-8,16-19H,9-11H2/t16-,17+,18-,19-/m1/s1. The minimum absolute atomic E-state index is 0.137. The number of hydrogen-bond donors (Lipinski definition) is 0. The molecule has 2 aromatic rings. The molecule has 1 aliphatic heterocycles. The molecule has 0 spiro atoms. The van der Waals surface area contributed by atoms with Gasteiger partial charge in [-0.05, 0) is 49.2 Å². The van der Waals surface area contributed by atoms with Gasteiger partial charge in [-0.3, -0.25) is 19.3 Å². The minimum atomic E-state index is -0.654. The summed E-state index contributed by atoms with van der Waals surface area (Å²) in [5, 5.41) is 0. The van der Waals surface area contributed by atoms with E-state index >= 15 is 0 Å². The molecule has 166 valence electrons. The third kappa shape index (κ3) is 4.61. The zero-order valence-corrected chi connectivity index (χ0v) is 21.4. The van der Waals surface area contributed by atoms with Crippen molar-refractivity contribution >= 4 is 77.0 Å². The predicted molar refractivity (Wildman–Crippen MR) is 129 cm³/mol. The van der Waals surface area contributed by atoms with E-state index in [2.05, 4.69) is 47.8 Å². The van der Waals surface area contributed by atoms with Crippen LogP contribution in [0.25, 0.3) is 0 Å². The van der Waals surface area contributed by atoms with Gasteiger partial charge in [0.2, 0.25) is 11.8 Å². The second-order valence-electron chi connectivity index (χ2n) is 7.78. The molecule has 0 N–H and O–H groups in total. The first-order valence-corrected chi connectivity index (χ1v) is 12.6. The van der Waals surface area contributed by atoms with Crippen LogP contribution in [0.5, 0.6) is 0 Å². The number of hydrogen-bond acceptors (Lipinski definition) is 5. The molecular weight excluding hydrogens is 610 g/mol. The third-order valence-corrected chi connectivity index (χ3v) is 9.04. The molecule has 2 amide bonds. The van der Waals surface area contributed by atoms with E-state index in [1.807, 2.05) is 0 Å². The van der Waals surface area contributed by atoms with E-state index in [1.165, 1.54) is 17.0 Å². The van der Waals surface area contributed by atoms with Crippen molar-refractivity contribution in [1.29, 1.82) is 0 Å². The first kappa shape index (κ1) is 23.3. The zero-order valence-electron chi connectivity index (χ0n) is 16.7. The lowest BCUT2D eigenvalue weighted by atomic mass is 9.81. The van der Waals surface area contributed by atoms with Gasteiger partial charge < -0.3 is 4.74 Å². The van der Waals surface area contributed by atoms with E-state index in [0.717, 1.165) is 4.47 Å². The van der Waals surface area contributed by atoms with Crippen LogP contribution in [0.15, 0.2) is 53.0 Å². The minimum Gasteiger partial charge on any atom is -0.454 e. The van der Waals surface area contributed by atoms with E-state index in [9.17, 15) is 19.2 Å². The summed E-state index contributed by atoms with van der Waals surface area (Å²) < 4.78 is 5.97. The number of benzene rings is 2. The van der Waals surface area contributed by atoms with Gasteiger partial charge in [0, 0.05) is 19.7 Å². The summed E-state index contributed by atoms with van der Waals surface area (Å²) in [5.74, 6) is -2.06. The van der Waals surface area contributed by atoms with Gasteiger partial charge in [-0.1, -0.05) is 59.9 Å². The summed E-state index contributed by atoms with van der Waals surface area (Å²) in [4.78, 5) is 51.8. The number of alkyl halides is 2. The summed E-state index contributed by atoms with van der Waals surface area (Å²) in [6.07, 6.45) is 1.19. The molecule has 9 heteroatoms. The molecule has 0 bridgehead atoms. The Labute approximate surface area is 210 Å². The first-order chi connectivity index (χ1) is 15.3. The van der Waals surface area contributed by atoms with Crippen LogP contribution >= 0.6 is 47.8 Å². The number of nitrogens with zero attached hydrogens (tertiary/aromatic N) is 1. The molecule has 1 heterocycles. The van der Waals surface area contributed by atoms with E-state index in [-0.39, 0.29) is 51.3 Å². The topological polar surface area (TPSA) is 80.8 Å². The lowest BCUT2D eigenvalue weighted by Crippen LogP contribution is -2.34. The van der Waals surface area contributed by atoms with Crippen molar-refractivity contribution in [2.75, 3.05) is 11.5 Å². The third-order valence-electron chi connectivity index (χ3n) is 5.77. The molecule has 1 saturated heterocycles. The summed E-state index contributed by atoms with van der Waals surface area (Å²) in [6, 6.07) is 12.9. The van der Waals surface area contributed by atoms with Crippen molar-refractivity contribution in [1.82, 2.24) is 0 Å².